The van der Waals surface area contributed by atoms with E-state index < -0.39 is 72.1 Å². The van der Waals surface area contributed by atoms with Gasteiger partial charge in [-0.05, 0) is 30.4 Å². The highest BCUT2D eigenvalue weighted by molar-refractivity contribution is 5.96. The Morgan fingerprint density at radius 1 is 0.950 bits per heavy atom. The Labute approximate surface area is 230 Å². The molecule has 1 heterocycles. The van der Waals surface area contributed by atoms with E-state index in [-0.39, 0.29) is 19.3 Å². The van der Waals surface area contributed by atoms with Crippen LogP contribution in [-0.2, 0) is 35.2 Å². The van der Waals surface area contributed by atoms with Crippen LogP contribution in [0.3, 0.4) is 0 Å². The molecule has 0 radical (unpaired) electrons. The number of amides is 4. The number of H-pyrrole nitrogens is 1. The van der Waals surface area contributed by atoms with Crippen molar-refractivity contribution in [2.24, 2.45) is 17.4 Å². The normalized spacial score (nSPS) is 14.8. The monoisotopic (exact) mass is 560 g/mol. The van der Waals surface area contributed by atoms with Gasteiger partial charge in [-0.2, -0.15) is 0 Å². The predicted molar refractivity (Wildman–Crippen MR) is 144 cm³/mol. The van der Waals surface area contributed by atoms with Gasteiger partial charge in [-0.15, -0.1) is 0 Å². The average Bonchev–Trinajstić information content (AvgIpc) is 3.30. The van der Waals surface area contributed by atoms with E-state index in [9.17, 15) is 39.0 Å². The van der Waals surface area contributed by atoms with Crippen molar-refractivity contribution >= 4 is 46.5 Å². The van der Waals surface area contributed by atoms with Gasteiger partial charge in [0.1, 0.15) is 18.1 Å². The Bertz CT molecular complexity index is 1240. The number of hydrogen-bond donors (Lipinski definition) is 8. The number of hydrogen-bond acceptors (Lipinski definition) is 7. The molecule has 1 aromatic heterocycles. The van der Waals surface area contributed by atoms with Gasteiger partial charge in [0, 0.05) is 23.5 Å². The molecule has 10 N–H and O–H groups in total. The zero-order chi connectivity index (χ0) is 30.0. The number of carboxylic acid groups (broad SMARTS) is 2. The molecular formula is C26H36N6O8. The van der Waals surface area contributed by atoms with Crippen molar-refractivity contribution in [3.8, 4) is 0 Å². The number of nitrogens with two attached hydrogens (primary N) is 2. The third-order valence-corrected chi connectivity index (χ3v) is 6.55. The maximum absolute atomic E-state index is 13.2. The minimum atomic E-state index is -1.66. The topological polar surface area (TPSA) is 247 Å². The molecule has 40 heavy (non-hydrogen) atoms. The van der Waals surface area contributed by atoms with Gasteiger partial charge in [-0.1, -0.05) is 38.5 Å². The van der Waals surface area contributed by atoms with Crippen LogP contribution in [0, 0.1) is 5.92 Å². The molecule has 0 aliphatic carbocycles. The molecule has 2 rings (SSSR count). The zero-order valence-electron chi connectivity index (χ0n) is 22.3. The highest BCUT2D eigenvalue weighted by Gasteiger charge is 2.33. The number of rotatable bonds is 16. The number of aromatic amines is 1. The SMILES string of the molecule is CCC(C)C(NC(=O)C(N)Cc1c[nH]c2ccccc12)C(=O)NC(CC(=O)O)C(=O)NC(CCC(N)=O)C(=O)O. The zero-order valence-corrected chi connectivity index (χ0v) is 22.3. The van der Waals surface area contributed by atoms with E-state index in [4.69, 9.17) is 11.5 Å². The summed E-state index contributed by atoms with van der Waals surface area (Å²) in [6, 6.07) is 2.11. The molecule has 0 saturated heterocycles. The Morgan fingerprint density at radius 2 is 1.60 bits per heavy atom. The van der Waals surface area contributed by atoms with Crippen LogP contribution in [0.5, 0.6) is 0 Å². The van der Waals surface area contributed by atoms with Crippen LogP contribution in [0.2, 0.25) is 0 Å². The van der Waals surface area contributed by atoms with Crippen LogP contribution in [0.25, 0.3) is 10.9 Å². The van der Waals surface area contributed by atoms with Crippen LogP contribution in [0.15, 0.2) is 30.5 Å². The molecule has 14 nitrogen and oxygen atoms in total. The smallest absolute Gasteiger partial charge is 0.326 e. The Kier molecular flexibility index (Phi) is 11.6. The molecule has 2 aromatic rings. The summed E-state index contributed by atoms with van der Waals surface area (Å²) in [6.07, 6.45) is 0.843. The van der Waals surface area contributed by atoms with E-state index in [1.807, 2.05) is 24.3 Å². The van der Waals surface area contributed by atoms with E-state index in [0.29, 0.717) is 6.42 Å². The number of aromatic nitrogens is 1. The lowest BCUT2D eigenvalue weighted by molar-refractivity contribution is -0.144. The maximum Gasteiger partial charge on any atom is 0.326 e. The summed E-state index contributed by atoms with van der Waals surface area (Å²) in [5.41, 5.74) is 12.9. The van der Waals surface area contributed by atoms with Crippen molar-refractivity contribution in [2.45, 2.75) is 70.1 Å². The van der Waals surface area contributed by atoms with Crippen molar-refractivity contribution in [2.75, 3.05) is 0 Å². The summed E-state index contributed by atoms with van der Waals surface area (Å²) >= 11 is 0. The number of carbonyl (C=O) groups is 6. The second-order valence-electron chi connectivity index (χ2n) is 9.61. The lowest BCUT2D eigenvalue weighted by Gasteiger charge is -2.27. The molecule has 0 spiro atoms. The van der Waals surface area contributed by atoms with E-state index in [1.165, 1.54) is 0 Å². The number of aliphatic carboxylic acids is 2. The summed E-state index contributed by atoms with van der Waals surface area (Å²) in [4.78, 5) is 76.0. The molecule has 5 atom stereocenters. The van der Waals surface area contributed by atoms with Gasteiger partial charge < -0.3 is 42.6 Å². The van der Waals surface area contributed by atoms with Crippen LogP contribution >= 0.6 is 0 Å². The molecule has 14 heteroatoms. The molecule has 1 aromatic carbocycles. The summed E-state index contributed by atoms with van der Waals surface area (Å²) in [7, 11) is 0. The number of para-hydroxylation sites is 1. The molecule has 0 bridgehead atoms. The molecule has 0 aliphatic rings. The van der Waals surface area contributed by atoms with E-state index in [0.717, 1.165) is 16.5 Å². The van der Waals surface area contributed by atoms with Crippen molar-refractivity contribution in [3.05, 3.63) is 36.0 Å². The summed E-state index contributed by atoms with van der Waals surface area (Å²) in [6.45, 7) is 3.47. The molecule has 5 unspecified atom stereocenters. The van der Waals surface area contributed by atoms with Crippen molar-refractivity contribution in [1.29, 1.82) is 0 Å². The minimum absolute atomic E-state index is 0.177. The fourth-order valence-corrected chi connectivity index (χ4v) is 4.05. The fraction of sp³-hybridized carbons (Fsp3) is 0.462. The van der Waals surface area contributed by atoms with E-state index >= 15 is 0 Å². The summed E-state index contributed by atoms with van der Waals surface area (Å²) < 4.78 is 0. The number of carbonyl (C=O) groups excluding carboxylic acids is 4. The third kappa shape index (κ3) is 9.08. The standard InChI is InChI=1S/C26H36N6O8/c1-3-13(2)22(32-23(36)16(27)10-14-12-29-17-7-5-4-6-15(14)17)25(38)31-19(11-21(34)35)24(37)30-18(26(39)40)8-9-20(28)33/h4-7,12-13,16,18-19,22,29H,3,8-11,27H2,1-2H3,(H2,28,33)(H,30,37)(H,31,38)(H,32,36)(H,34,35)(H,39,40). The number of benzene rings is 1. The van der Waals surface area contributed by atoms with Gasteiger partial charge in [0.05, 0.1) is 12.5 Å². The van der Waals surface area contributed by atoms with Crippen LogP contribution in [0.1, 0.15) is 45.1 Å². The Hall–Kier alpha value is -4.46. The number of nitrogens with one attached hydrogen (secondary N) is 4. The molecular weight excluding hydrogens is 524 g/mol. The summed E-state index contributed by atoms with van der Waals surface area (Å²) in [5, 5.41) is 26.6. The minimum Gasteiger partial charge on any atom is -0.481 e. The van der Waals surface area contributed by atoms with Crippen LogP contribution in [-0.4, -0.2) is 74.9 Å². The predicted octanol–water partition coefficient (Wildman–Crippen LogP) is -0.637. The lowest BCUT2D eigenvalue weighted by Crippen LogP contribution is -2.59. The highest BCUT2D eigenvalue weighted by atomic mass is 16.4. The largest absolute Gasteiger partial charge is 0.481 e. The Morgan fingerprint density at radius 3 is 2.20 bits per heavy atom. The van der Waals surface area contributed by atoms with Crippen molar-refractivity contribution in [1.82, 2.24) is 20.9 Å². The van der Waals surface area contributed by atoms with Gasteiger partial charge in [0.15, 0.2) is 0 Å². The first-order valence-corrected chi connectivity index (χ1v) is 12.8. The molecule has 218 valence electrons. The van der Waals surface area contributed by atoms with E-state index in [1.54, 1.807) is 20.0 Å². The first-order chi connectivity index (χ1) is 18.8. The van der Waals surface area contributed by atoms with Gasteiger partial charge in [0.2, 0.25) is 23.6 Å². The second-order valence-corrected chi connectivity index (χ2v) is 9.61. The van der Waals surface area contributed by atoms with Gasteiger partial charge >= 0.3 is 11.9 Å². The molecule has 0 fully saturated rings. The van der Waals surface area contributed by atoms with Crippen LogP contribution < -0.4 is 27.4 Å². The molecule has 4 amide bonds. The third-order valence-electron chi connectivity index (χ3n) is 6.55. The first-order valence-electron chi connectivity index (χ1n) is 12.8. The second kappa shape index (κ2) is 14.6. The van der Waals surface area contributed by atoms with Gasteiger partial charge in [-0.25, -0.2) is 4.79 Å². The molecule has 0 saturated carbocycles. The Balaban J connectivity index is 2.15. The van der Waals surface area contributed by atoms with Crippen molar-refractivity contribution in [3.63, 3.8) is 0 Å². The summed E-state index contributed by atoms with van der Waals surface area (Å²) in [5.74, 6) is -6.67. The first kappa shape index (κ1) is 31.8. The highest BCUT2D eigenvalue weighted by Crippen LogP contribution is 2.19. The number of primary amides is 1. The number of carboxylic acids is 2. The van der Waals surface area contributed by atoms with Gasteiger partial charge in [0.25, 0.3) is 0 Å². The lowest BCUT2D eigenvalue weighted by atomic mass is 9.96. The van der Waals surface area contributed by atoms with Crippen molar-refractivity contribution < 1.29 is 39.0 Å². The average molecular weight is 561 g/mol. The van der Waals surface area contributed by atoms with E-state index in [2.05, 4.69) is 20.9 Å². The number of fused-ring (bicyclic) bond motifs is 1. The maximum atomic E-state index is 13.2. The fourth-order valence-electron chi connectivity index (χ4n) is 4.05. The van der Waals surface area contributed by atoms with Crippen LogP contribution in [0.4, 0.5) is 0 Å². The quantitative estimate of drug-likeness (QED) is 0.130. The van der Waals surface area contributed by atoms with Gasteiger partial charge in [-0.3, -0.25) is 24.0 Å². The molecule has 0 aliphatic heterocycles.